The third-order valence-electron chi connectivity index (χ3n) is 3.23. The van der Waals surface area contributed by atoms with Crippen LogP contribution in [0.25, 0.3) is 0 Å². The van der Waals surface area contributed by atoms with Gasteiger partial charge in [0.15, 0.2) is 0 Å². The second kappa shape index (κ2) is 6.07. The van der Waals surface area contributed by atoms with Crippen LogP contribution >= 0.6 is 23.1 Å². The molecular weight excluding hydrogens is 307 g/mol. The molecule has 1 aliphatic rings. The molecule has 21 heavy (non-hydrogen) atoms. The molecule has 0 spiro atoms. The van der Waals surface area contributed by atoms with Crippen molar-refractivity contribution in [3.63, 3.8) is 0 Å². The Morgan fingerprint density at radius 1 is 1.38 bits per heavy atom. The summed E-state index contributed by atoms with van der Waals surface area (Å²) in [6.45, 7) is 2.76. The number of urea groups is 1. The maximum Gasteiger partial charge on any atom is 0.323 e. The molecule has 0 bridgehead atoms. The molecule has 1 aromatic heterocycles. The minimum Gasteiger partial charge on any atom is -0.308 e. The van der Waals surface area contributed by atoms with Gasteiger partial charge in [-0.1, -0.05) is 6.07 Å². The molecule has 110 valence electrons. The van der Waals surface area contributed by atoms with Crippen molar-refractivity contribution in [3.05, 3.63) is 52.0 Å². The average Bonchev–Trinajstić information content (AvgIpc) is 3.06. The Bertz CT molecular complexity index is 659. The molecule has 2 amide bonds. The maximum absolute atomic E-state index is 13.2. The Morgan fingerprint density at radius 2 is 2.24 bits per heavy atom. The summed E-state index contributed by atoms with van der Waals surface area (Å²) in [4.78, 5) is 16.6. The molecule has 0 radical (unpaired) electrons. The van der Waals surface area contributed by atoms with Crippen LogP contribution in [0.2, 0.25) is 0 Å². The zero-order valence-corrected chi connectivity index (χ0v) is 13.1. The van der Waals surface area contributed by atoms with E-state index in [1.54, 1.807) is 40.1 Å². The molecular formula is C15H15FN2OS2. The first-order valence-electron chi connectivity index (χ1n) is 6.64. The number of nitrogens with zero attached hydrogens (tertiary/aromatic N) is 1. The smallest absolute Gasteiger partial charge is 0.308 e. The number of thioether (sulfide) groups is 1. The Balaban J connectivity index is 1.74. The van der Waals surface area contributed by atoms with Crippen molar-refractivity contribution in [1.82, 2.24) is 4.90 Å². The Morgan fingerprint density at radius 3 is 2.95 bits per heavy atom. The van der Waals surface area contributed by atoms with E-state index in [-0.39, 0.29) is 17.2 Å². The van der Waals surface area contributed by atoms with E-state index >= 15 is 0 Å². The number of anilines is 1. The van der Waals surface area contributed by atoms with Gasteiger partial charge in [-0.2, -0.15) is 0 Å². The van der Waals surface area contributed by atoms with Gasteiger partial charge in [-0.15, -0.1) is 23.1 Å². The molecule has 3 nitrogen and oxygen atoms in total. The summed E-state index contributed by atoms with van der Waals surface area (Å²) in [5, 5.41) is 2.82. The number of carbonyl (C=O) groups is 1. The third kappa shape index (κ3) is 3.22. The van der Waals surface area contributed by atoms with E-state index in [2.05, 4.69) is 24.4 Å². The second-order valence-corrected chi connectivity index (χ2v) is 7.31. The van der Waals surface area contributed by atoms with E-state index in [4.69, 9.17) is 0 Å². The Hall–Kier alpha value is -1.53. The van der Waals surface area contributed by atoms with Gasteiger partial charge in [0.05, 0.1) is 0 Å². The highest BCUT2D eigenvalue weighted by atomic mass is 32.2. The zero-order chi connectivity index (χ0) is 14.8. The number of benzene rings is 1. The molecule has 3 rings (SSSR count). The summed E-state index contributed by atoms with van der Waals surface area (Å²) in [7, 11) is 0. The number of thiophene rings is 1. The van der Waals surface area contributed by atoms with Crippen molar-refractivity contribution in [3.8, 4) is 0 Å². The van der Waals surface area contributed by atoms with Crippen molar-refractivity contribution >= 4 is 34.8 Å². The van der Waals surface area contributed by atoms with Gasteiger partial charge < -0.3 is 10.2 Å². The van der Waals surface area contributed by atoms with Crippen molar-refractivity contribution in [2.24, 2.45) is 0 Å². The van der Waals surface area contributed by atoms with E-state index in [9.17, 15) is 9.18 Å². The number of hydrogen-bond donors (Lipinski definition) is 1. The lowest BCUT2D eigenvalue weighted by atomic mass is 10.3. The number of carbonyl (C=O) groups excluding carboxylic acids is 1. The quantitative estimate of drug-likeness (QED) is 0.884. The second-order valence-electron chi connectivity index (χ2n) is 4.81. The topological polar surface area (TPSA) is 32.3 Å². The molecule has 0 saturated carbocycles. The van der Waals surface area contributed by atoms with E-state index in [0.717, 1.165) is 5.75 Å². The highest BCUT2D eigenvalue weighted by Gasteiger charge is 2.31. The summed E-state index contributed by atoms with van der Waals surface area (Å²) in [6, 6.07) is 9.93. The lowest BCUT2D eigenvalue weighted by molar-refractivity contribution is 0.215. The van der Waals surface area contributed by atoms with Crippen molar-refractivity contribution < 1.29 is 9.18 Å². The summed E-state index contributed by atoms with van der Waals surface area (Å²) >= 11 is 3.47. The molecule has 6 heteroatoms. The molecule has 1 aliphatic heterocycles. The minimum absolute atomic E-state index is 0.0530. The van der Waals surface area contributed by atoms with E-state index in [1.807, 2.05) is 0 Å². The molecule has 1 aromatic carbocycles. The fraction of sp³-hybridized carbons (Fsp3) is 0.267. The molecule has 2 heterocycles. The molecule has 2 aromatic rings. The van der Waals surface area contributed by atoms with Crippen LogP contribution in [0.4, 0.5) is 14.9 Å². The third-order valence-corrected chi connectivity index (χ3v) is 5.68. The van der Waals surface area contributed by atoms with Gasteiger partial charge in [-0.05, 0) is 37.3 Å². The van der Waals surface area contributed by atoms with Gasteiger partial charge in [0.1, 0.15) is 11.2 Å². The first kappa shape index (κ1) is 14.4. The fourth-order valence-corrected chi connectivity index (χ4v) is 4.63. The summed E-state index contributed by atoms with van der Waals surface area (Å²) < 4.78 is 13.2. The summed E-state index contributed by atoms with van der Waals surface area (Å²) in [5.41, 5.74) is 0.484. The highest BCUT2D eigenvalue weighted by Crippen LogP contribution is 2.41. The molecule has 1 N–H and O–H groups in total. The molecule has 1 atom stereocenters. The highest BCUT2D eigenvalue weighted by molar-refractivity contribution is 7.99. The summed E-state index contributed by atoms with van der Waals surface area (Å²) in [6.07, 6.45) is 0. The van der Waals surface area contributed by atoms with Crippen molar-refractivity contribution in [1.29, 1.82) is 0 Å². The van der Waals surface area contributed by atoms with Gasteiger partial charge >= 0.3 is 6.03 Å². The lowest BCUT2D eigenvalue weighted by Crippen LogP contribution is -2.34. The maximum atomic E-state index is 13.2. The standard InChI is InChI=1S/C15H15FN2OS2/c1-10-5-6-13(21-10)14-18(7-8-20-14)15(19)17-12-4-2-3-11(16)9-12/h2-6,9,14H,7-8H2,1H3,(H,17,19). The number of amides is 2. The minimum atomic E-state index is -0.353. The number of nitrogens with one attached hydrogen (secondary N) is 1. The van der Waals surface area contributed by atoms with Gasteiger partial charge in [-0.3, -0.25) is 0 Å². The normalized spacial score (nSPS) is 18.0. The van der Waals surface area contributed by atoms with Crippen LogP contribution in [0.15, 0.2) is 36.4 Å². The van der Waals surface area contributed by atoms with Crippen LogP contribution in [0.1, 0.15) is 15.1 Å². The van der Waals surface area contributed by atoms with E-state index in [0.29, 0.717) is 12.2 Å². The number of aryl methyl sites for hydroxylation is 1. The zero-order valence-electron chi connectivity index (χ0n) is 11.5. The number of rotatable bonds is 2. The predicted octanol–water partition coefficient (Wildman–Crippen LogP) is 4.48. The van der Waals surface area contributed by atoms with Crippen LogP contribution in [-0.2, 0) is 0 Å². The largest absolute Gasteiger partial charge is 0.323 e. The Kier molecular flexibility index (Phi) is 4.17. The van der Waals surface area contributed by atoms with Crippen molar-refractivity contribution in [2.75, 3.05) is 17.6 Å². The summed E-state index contributed by atoms with van der Waals surface area (Å²) in [5.74, 6) is 0.562. The monoisotopic (exact) mass is 322 g/mol. The SMILES string of the molecule is Cc1ccc(C2SCCN2C(=O)Nc2cccc(F)c2)s1. The number of hydrogen-bond acceptors (Lipinski definition) is 3. The molecule has 0 aliphatic carbocycles. The van der Waals surface area contributed by atoms with Gasteiger partial charge in [0, 0.05) is 27.7 Å². The van der Waals surface area contributed by atoms with Gasteiger partial charge in [-0.25, -0.2) is 9.18 Å². The number of halogens is 1. The van der Waals surface area contributed by atoms with Gasteiger partial charge in [0.2, 0.25) is 0 Å². The molecule has 1 fully saturated rings. The van der Waals surface area contributed by atoms with Crippen LogP contribution in [0.5, 0.6) is 0 Å². The van der Waals surface area contributed by atoms with E-state index < -0.39 is 0 Å². The Labute approximate surface area is 131 Å². The average molecular weight is 322 g/mol. The van der Waals surface area contributed by atoms with Crippen LogP contribution in [0, 0.1) is 12.7 Å². The van der Waals surface area contributed by atoms with Crippen molar-refractivity contribution in [2.45, 2.75) is 12.3 Å². The predicted molar refractivity (Wildman–Crippen MR) is 86.4 cm³/mol. The van der Waals surface area contributed by atoms with Crippen LogP contribution in [-0.4, -0.2) is 23.2 Å². The molecule has 1 saturated heterocycles. The lowest BCUT2D eigenvalue weighted by Gasteiger charge is -2.23. The van der Waals surface area contributed by atoms with Gasteiger partial charge in [0.25, 0.3) is 0 Å². The first-order chi connectivity index (χ1) is 10.1. The fourth-order valence-electron chi connectivity index (χ4n) is 2.26. The van der Waals surface area contributed by atoms with Crippen LogP contribution in [0.3, 0.4) is 0 Å². The van der Waals surface area contributed by atoms with E-state index in [1.165, 1.54) is 21.9 Å². The molecule has 1 unspecified atom stereocenters. The first-order valence-corrected chi connectivity index (χ1v) is 8.51. The van der Waals surface area contributed by atoms with Crippen LogP contribution < -0.4 is 5.32 Å².